The average molecular weight is 186 g/mol. The van der Waals surface area contributed by atoms with Crippen LogP contribution in [0, 0.1) is 5.92 Å². The van der Waals surface area contributed by atoms with Gasteiger partial charge in [-0.3, -0.25) is 0 Å². The molecule has 0 aromatic heterocycles. The van der Waals surface area contributed by atoms with Gasteiger partial charge in [0.1, 0.15) is 0 Å². The Hall–Kier alpha value is -0.120. The molecule has 0 bridgehead atoms. The van der Waals surface area contributed by atoms with E-state index >= 15 is 0 Å². The van der Waals surface area contributed by atoms with Crippen molar-refractivity contribution in [3.8, 4) is 0 Å². The number of hydrogen-bond donors (Lipinski definition) is 3. The van der Waals surface area contributed by atoms with Crippen molar-refractivity contribution in [2.45, 2.75) is 51.2 Å². The highest BCUT2D eigenvalue weighted by atomic mass is 16.3. The molecule has 0 radical (unpaired) electrons. The molecule has 1 atom stereocenters. The van der Waals surface area contributed by atoms with E-state index in [-0.39, 0.29) is 12.6 Å². The van der Waals surface area contributed by atoms with E-state index in [9.17, 15) is 0 Å². The van der Waals surface area contributed by atoms with Crippen LogP contribution in [0.4, 0.5) is 0 Å². The van der Waals surface area contributed by atoms with Crippen LogP contribution >= 0.6 is 0 Å². The van der Waals surface area contributed by atoms with Crippen LogP contribution in [0.25, 0.3) is 0 Å². The van der Waals surface area contributed by atoms with E-state index in [1.165, 1.54) is 0 Å². The molecule has 0 aliphatic heterocycles. The van der Waals surface area contributed by atoms with Gasteiger partial charge in [-0.1, -0.05) is 13.8 Å². The molecule has 4 N–H and O–H groups in total. The molecule has 0 spiro atoms. The summed E-state index contributed by atoms with van der Waals surface area (Å²) in [6.07, 6.45) is 3.17. The molecule has 1 aliphatic carbocycles. The first-order chi connectivity index (χ1) is 6.11. The molecule has 1 aliphatic rings. The van der Waals surface area contributed by atoms with Gasteiger partial charge in [-0.05, 0) is 25.2 Å². The molecule has 3 heteroatoms. The van der Waals surface area contributed by atoms with Crippen LogP contribution in [-0.2, 0) is 0 Å². The minimum absolute atomic E-state index is 0.240. The zero-order chi connectivity index (χ0) is 9.84. The van der Waals surface area contributed by atoms with E-state index in [1.54, 1.807) is 0 Å². The van der Waals surface area contributed by atoms with Gasteiger partial charge in [-0.2, -0.15) is 0 Å². The lowest BCUT2D eigenvalue weighted by atomic mass is 9.86. The summed E-state index contributed by atoms with van der Waals surface area (Å²) in [6.45, 7) is 4.59. The Kier molecular flexibility index (Phi) is 4.16. The highest BCUT2D eigenvalue weighted by Crippen LogP contribution is 2.19. The third kappa shape index (κ3) is 3.63. The van der Waals surface area contributed by atoms with E-state index in [4.69, 9.17) is 10.8 Å². The Morgan fingerprint density at radius 2 is 2.08 bits per heavy atom. The van der Waals surface area contributed by atoms with Gasteiger partial charge in [-0.25, -0.2) is 0 Å². The van der Waals surface area contributed by atoms with E-state index in [0.717, 1.165) is 19.3 Å². The van der Waals surface area contributed by atoms with Gasteiger partial charge < -0.3 is 16.2 Å². The summed E-state index contributed by atoms with van der Waals surface area (Å²) in [7, 11) is 0. The summed E-state index contributed by atoms with van der Waals surface area (Å²) in [5, 5.41) is 12.6. The second-order valence-corrected chi connectivity index (χ2v) is 4.60. The molecule has 1 fully saturated rings. The number of rotatable bonds is 5. The molecule has 1 rings (SSSR count). The Bertz CT molecular complexity index is 144. The zero-order valence-electron chi connectivity index (χ0n) is 8.66. The summed E-state index contributed by atoms with van der Waals surface area (Å²) in [6, 6.07) is 1.19. The minimum atomic E-state index is 0.240. The van der Waals surface area contributed by atoms with Crippen LogP contribution in [0.15, 0.2) is 0 Å². The van der Waals surface area contributed by atoms with Crippen molar-refractivity contribution in [1.82, 2.24) is 5.32 Å². The smallest absolute Gasteiger partial charge is 0.0584 e. The minimum Gasteiger partial charge on any atom is -0.395 e. The molecule has 1 unspecified atom stereocenters. The summed E-state index contributed by atoms with van der Waals surface area (Å²) in [5.74, 6) is 0.637. The molecule has 78 valence electrons. The quantitative estimate of drug-likeness (QED) is 0.585. The molecule has 0 amide bonds. The highest BCUT2D eigenvalue weighted by molar-refractivity contribution is 4.89. The third-order valence-corrected chi connectivity index (χ3v) is 2.62. The molecular formula is C10H22N2O. The van der Waals surface area contributed by atoms with Crippen molar-refractivity contribution >= 4 is 0 Å². The maximum absolute atomic E-state index is 9.12. The number of hydrogen-bond acceptors (Lipinski definition) is 3. The lowest BCUT2D eigenvalue weighted by Gasteiger charge is -2.36. The van der Waals surface area contributed by atoms with Crippen LogP contribution in [0.1, 0.15) is 33.1 Å². The topological polar surface area (TPSA) is 58.3 Å². The molecule has 13 heavy (non-hydrogen) atoms. The van der Waals surface area contributed by atoms with Crippen LogP contribution in [0.5, 0.6) is 0 Å². The molecule has 0 aromatic rings. The molecular weight excluding hydrogens is 164 g/mol. The van der Waals surface area contributed by atoms with E-state index in [2.05, 4.69) is 19.2 Å². The third-order valence-electron chi connectivity index (χ3n) is 2.62. The Morgan fingerprint density at radius 3 is 2.46 bits per heavy atom. The summed E-state index contributed by atoms with van der Waals surface area (Å²) in [5.41, 5.74) is 5.68. The maximum atomic E-state index is 9.12. The number of aliphatic hydroxyl groups is 1. The summed E-state index contributed by atoms with van der Waals surface area (Å²) < 4.78 is 0. The fraction of sp³-hybridized carbons (Fsp3) is 1.00. The Morgan fingerprint density at radius 1 is 1.46 bits per heavy atom. The monoisotopic (exact) mass is 186 g/mol. The van der Waals surface area contributed by atoms with Crippen molar-refractivity contribution < 1.29 is 5.11 Å². The Labute approximate surface area is 80.7 Å². The fourth-order valence-corrected chi connectivity index (χ4v) is 1.90. The first-order valence-corrected chi connectivity index (χ1v) is 5.24. The van der Waals surface area contributed by atoms with Crippen molar-refractivity contribution in [2.24, 2.45) is 11.7 Å². The van der Waals surface area contributed by atoms with Crippen molar-refractivity contribution in [3.63, 3.8) is 0 Å². The largest absolute Gasteiger partial charge is 0.395 e. The standard InChI is InChI=1S/C10H22N2O/c1-7(2)3-10(6-13)12-9-4-8(11)5-9/h7-10,12-13H,3-6,11H2,1-2H3. The fourth-order valence-electron chi connectivity index (χ4n) is 1.90. The first-order valence-electron chi connectivity index (χ1n) is 5.24. The van der Waals surface area contributed by atoms with Gasteiger partial charge in [0.25, 0.3) is 0 Å². The lowest BCUT2D eigenvalue weighted by molar-refractivity contribution is 0.182. The van der Waals surface area contributed by atoms with Crippen LogP contribution in [-0.4, -0.2) is 29.8 Å². The van der Waals surface area contributed by atoms with E-state index in [1.807, 2.05) is 0 Å². The molecule has 1 saturated carbocycles. The maximum Gasteiger partial charge on any atom is 0.0584 e. The molecule has 3 nitrogen and oxygen atoms in total. The van der Waals surface area contributed by atoms with Gasteiger partial charge >= 0.3 is 0 Å². The van der Waals surface area contributed by atoms with E-state index in [0.29, 0.717) is 18.0 Å². The lowest BCUT2D eigenvalue weighted by Crippen LogP contribution is -2.52. The van der Waals surface area contributed by atoms with Gasteiger partial charge in [0.2, 0.25) is 0 Å². The highest BCUT2D eigenvalue weighted by Gasteiger charge is 2.27. The molecule has 0 saturated heterocycles. The molecule has 0 heterocycles. The van der Waals surface area contributed by atoms with Gasteiger partial charge in [0.15, 0.2) is 0 Å². The predicted octanol–water partition coefficient (Wildman–Crippen LogP) is 0.473. The van der Waals surface area contributed by atoms with Crippen molar-refractivity contribution in [3.05, 3.63) is 0 Å². The van der Waals surface area contributed by atoms with Crippen LogP contribution < -0.4 is 11.1 Å². The molecule has 0 aromatic carbocycles. The second kappa shape index (κ2) is 4.94. The normalized spacial score (nSPS) is 30.2. The average Bonchev–Trinajstić information content (AvgIpc) is 1.99. The first kappa shape index (κ1) is 11.0. The predicted molar refractivity (Wildman–Crippen MR) is 54.5 cm³/mol. The van der Waals surface area contributed by atoms with E-state index < -0.39 is 0 Å². The van der Waals surface area contributed by atoms with Gasteiger partial charge in [0, 0.05) is 18.1 Å². The number of nitrogens with two attached hydrogens (primary N) is 1. The van der Waals surface area contributed by atoms with Gasteiger partial charge in [0.05, 0.1) is 6.61 Å². The van der Waals surface area contributed by atoms with Crippen molar-refractivity contribution in [1.29, 1.82) is 0 Å². The van der Waals surface area contributed by atoms with Crippen LogP contribution in [0.3, 0.4) is 0 Å². The Balaban J connectivity index is 2.16. The number of nitrogens with one attached hydrogen (secondary N) is 1. The zero-order valence-corrected chi connectivity index (χ0v) is 8.66. The van der Waals surface area contributed by atoms with Gasteiger partial charge in [-0.15, -0.1) is 0 Å². The second-order valence-electron chi connectivity index (χ2n) is 4.60. The SMILES string of the molecule is CC(C)CC(CO)NC1CC(N)C1. The summed E-state index contributed by atoms with van der Waals surface area (Å²) >= 11 is 0. The van der Waals surface area contributed by atoms with Crippen molar-refractivity contribution in [2.75, 3.05) is 6.61 Å². The summed E-state index contributed by atoms with van der Waals surface area (Å²) in [4.78, 5) is 0. The number of aliphatic hydroxyl groups excluding tert-OH is 1. The van der Waals surface area contributed by atoms with Crippen LogP contribution in [0.2, 0.25) is 0 Å².